The molecule has 0 fully saturated rings. The van der Waals surface area contributed by atoms with Crippen LogP contribution >= 0.6 is 0 Å². The maximum atomic E-state index is 10.7. The fourth-order valence-corrected chi connectivity index (χ4v) is 1.94. The highest BCUT2D eigenvalue weighted by atomic mass is 16.5. The van der Waals surface area contributed by atoms with Crippen molar-refractivity contribution in [2.75, 3.05) is 13.2 Å². The summed E-state index contributed by atoms with van der Waals surface area (Å²) in [6.07, 6.45) is 1.84. The second-order valence-corrected chi connectivity index (χ2v) is 4.23. The van der Waals surface area contributed by atoms with Crippen LogP contribution in [0.15, 0.2) is 17.3 Å². The Labute approximate surface area is 101 Å². The van der Waals surface area contributed by atoms with Crippen molar-refractivity contribution in [3.8, 4) is 11.5 Å². The average molecular weight is 235 g/mol. The first-order chi connectivity index (χ1) is 8.26. The van der Waals surface area contributed by atoms with Crippen molar-refractivity contribution in [2.24, 2.45) is 5.18 Å². The fraction of sp³-hybridized carbons (Fsp3) is 0.538. The minimum absolute atomic E-state index is 0.406. The summed E-state index contributed by atoms with van der Waals surface area (Å²) in [7, 11) is 0. The third kappa shape index (κ3) is 2.40. The first-order valence-electron chi connectivity index (χ1n) is 6.01. The van der Waals surface area contributed by atoms with E-state index in [1.165, 1.54) is 0 Å². The number of hydrogen-bond donors (Lipinski definition) is 0. The molecule has 0 saturated carbocycles. The van der Waals surface area contributed by atoms with Gasteiger partial charge in [-0.15, -0.1) is 0 Å². The summed E-state index contributed by atoms with van der Waals surface area (Å²) in [5.41, 5.74) is 1.96. The first-order valence-corrected chi connectivity index (χ1v) is 6.01. The lowest BCUT2D eigenvalue weighted by molar-refractivity contribution is 0.311. The van der Waals surface area contributed by atoms with Gasteiger partial charge in [-0.25, -0.2) is 0 Å². The van der Waals surface area contributed by atoms with Gasteiger partial charge in [-0.3, -0.25) is 0 Å². The number of ether oxygens (including phenoxy) is 2. The third-order valence-electron chi connectivity index (χ3n) is 2.89. The van der Waals surface area contributed by atoms with Gasteiger partial charge < -0.3 is 9.47 Å². The van der Waals surface area contributed by atoms with Crippen LogP contribution in [0.4, 0.5) is 0 Å². The maximum Gasteiger partial charge on any atom is 0.125 e. The molecule has 2 rings (SSSR count). The van der Waals surface area contributed by atoms with Gasteiger partial charge in [0.05, 0.1) is 13.2 Å². The summed E-state index contributed by atoms with van der Waals surface area (Å²) in [6.45, 7) is 5.17. The summed E-state index contributed by atoms with van der Waals surface area (Å²) >= 11 is 0. The molecule has 17 heavy (non-hydrogen) atoms. The van der Waals surface area contributed by atoms with Gasteiger partial charge in [0.1, 0.15) is 17.5 Å². The molecular weight excluding hydrogens is 218 g/mol. The lowest BCUT2D eigenvalue weighted by atomic mass is 10.0. The summed E-state index contributed by atoms with van der Waals surface area (Å²) in [5.74, 6) is 1.63. The van der Waals surface area contributed by atoms with E-state index in [1.807, 2.05) is 12.1 Å². The van der Waals surface area contributed by atoms with Crippen LogP contribution in [0.1, 0.15) is 37.4 Å². The molecule has 0 bridgehead atoms. The van der Waals surface area contributed by atoms with E-state index in [2.05, 4.69) is 12.1 Å². The van der Waals surface area contributed by atoms with E-state index in [0.717, 1.165) is 35.5 Å². The predicted molar refractivity (Wildman–Crippen MR) is 65.6 cm³/mol. The molecule has 1 unspecified atom stereocenters. The molecule has 0 spiro atoms. The van der Waals surface area contributed by atoms with Gasteiger partial charge in [-0.05, 0) is 25.5 Å². The van der Waals surface area contributed by atoms with E-state index >= 15 is 0 Å². The van der Waals surface area contributed by atoms with E-state index in [1.54, 1.807) is 6.92 Å². The minimum atomic E-state index is -0.406. The van der Waals surface area contributed by atoms with E-state index < -0.39 is 6.04 Å². The molecule has 1 aliphatic rings. The highest BCUT2D eigenvalue weighted by Gasteiger charge is 2.20. The first kappa shape index (κ1) is 11.9. The van der Waals surface area contributed by atoms with Crippen LogP contribution in [0, 0.1) is 4.91 Å². The SMILES string of the molecule is CCCOc1cc2c(cc1C(C)N=O)OCC2. The standard InChI is InChI=1S/C13H17NO3/c1-3-5-16-13-7-10-4-6-17-12(10)8-11(13)9(2)14-15/h7-9H,3-6H2,1-2H3. The summed E-state index contributed by atoms with van der Waals surface area (Å²) in [6, 6.07) is 3.46. The zero-order chi connectivity index (χ0) is 12.3. The normalized spacial score (nSPS) is 14.9. The Kier molecular flexibility index (Phi) is 3.61. The molecule has 1 aliphatic heterocycles. The molecular formula is C13H17NO3. The van der Waals surface area contributed by atoms with Crippen LogP contribution in [0.5, 0.6) is 11.5 Å². The Morgan fingerprint density at radius 3 is 3.06 bits per heavy atom. The Bertz CT molecular complexity index is 417. The van der Waals surface area contributed by atoms with Gasteiger partial charge in [0, 0.05) is 17.5 Å². The minimum Gasteiger partial charge on any atom is -0.493 e. The largest absolute Gasteiger partial charge is 0.493 e. The number of rotatable bonds is 5. The molecule has 0 saturated heterocycles. The molecule has 92 valence electrons. The molecule has 1 heterocycles. The topological polar surface area (TPSA) is 47.9 Å². The zero-order valence-electron chi connectivity index (χ0n) is 10.2. The molecule has 0 radical (unpaired) electrons. The zero-order valence-corrected chi connectivity index (χ0v) is 10.2. The third-order valence-corrected chi connectivity index (χ3v) is 2.89. The van der Waals surface area contributed by atoms with Crippen molar-refractivity contribution in [2.45, 2.75) is 32.7 Å². The molecule has 4 heteroatoms. The number of fused-ring (bicyclic) bond motifs is 1. The second-order valence-electron chi connectivity index (χ2n) is 4.23. The molecule has 0 aromatic heterocycles. The van der Waals surface area contributed by atoms with Crippen molar-refractivity contribution >= 4 is 0 Å². The number of benzene rings is 1. The highest BCUT2D eigenvalue weighted by Crippen LogP contribution is 2.36. The maximum absolute atomic E-state index is 10.7. The molecule has 0 amide bonds. The Balaban J connectivity index is 2.35. The van der Waals surface area contributed by atoms with Crippen molar-refractivity contribution in [3.05, 3.63) is 28.2 Å². The van der Waals surface area contributed by atoms with Gasteiger partial charge in [-0.2, -0.15) is 4.91 Å². The van der Waals surface area contributed by atoms with Gasteiger partial charge in [-0.1, -0.05) is 12.1 Å². The van der Waals surface area contributed by atoms with Gasteiger partial charge in [0.25, 0.3) is 0 Å². The summed E-state index contributed by atoms with van der Waals surface area (Å²) in [4.78, 5) is 10.7. The summed E-state index contributed by atoms with van der Waals surface area (Å²) < 4.78 is 11.2. The van der Waals surface area contributed by atoms with Gasteiger partial charge >= 0.3 is 0 Å². The monoisotopic (exact) mass is 235 g/mol. The number of nitroso groups, excluding NO2 is 1. The van der Waals surface area contributed by atoms with Crippen LogP contribution in [0.3, 0.4) is 0 Å². The van der Waals surface area contributed by atoms with E-state index in [9.17, 15) is 4.91 Å². The molecule has 1 aromatic rings. The van der Waals surface area contributed by atoms with Crippen LogP contribution in [-0.4, -0.2) is 13.2 Å². The van der Waals surface area contributed by atoms with Crippen LogP contribution in [-0.2, 0) is 6.42 Å². The summed E-state index contributed by atoms with van der Waals surface area (Å²) in [5, 5.41) is 3.07. The van der Waals surface area contributed by atoms with E-state index in [0.29, 0.717) is 13.2 Å². The molecule has 1 aromatic carbocycles. The van der Waals surface area contributed by atoms with Crippen LogP contribution in [0.2, 0.25) is 0 Å². The van der Waals surface area contributed by atoms with Crippen molar-refractivity contribution in [3.63, 3.8) is 0 Å². The van der Waals surface area contributed by atoms with Crippen molar-refractivity contribution in [1.82, 2.24) is 0 Å². The average Bonchev–Trinajstić information content (AvgIpc) is 2.81. The van der Waals surface area contributed by atoms with E-state index in [4.69, 9.17) is 9.47 Å². The molecule has 4 nitrogen and oxygen atoms in total. The fourth-order valence-electron chi connectivity index (χ4n) is 1.94. The van der Waals surface area contributed by atoms with Crippen molar-refractivity contribution in [1.29, 1.82) is 0 Å². The second kappa shape index (κ2) is 5.17. The Hall–Kier alpha value is -1.58. The quantitative estimate of drug-likeness (QED) is 0.736. The Morgan fingerprint density at radius 1 is 1.53 bits per heavy atom. The smallest absolute Gasteiger partial charge is 0.125 e. The lowest BCUT2D eigenvalue weighted by Gasteiger charge is -2.14. The number of nitrogens with zero attached hydrogens (tertiary/aromatic N) is 1. The van der Waals surface area contributed by atoms with Crippen molar-refractivity contribution < 1.29 is 9.47 Å². The van der Waals surface area contributed by atoms with Gasteiger partial charge in [0.15, 0.2) is 0 Å². The number of hydrogen-bond acceptors (Lipinski definition) is 4. The van der Waals surface area contributed by atoms with Gasteiger partial charge in [0.2, 0.25) is 0 Å². The Morgan fingerprint density at radius 2 is 2.35 bits per heavy atom. The molecule has 1 atom stereocenters. The van der Waals surface area contributed by atoms with Crippen LogP contribution in [0.25, 0.3) is 0 Å². The van der Waals surface area contributed by atoms with Crippen LogP contribution < -0.4 is 9.47 Å². The highest BCUT2D eigenvalue weighted by molar-refractivity contribution is 5.49. The lowest BCUT2D eigenvalue weighted by Crippen LogP contribution is -2.01. The van der Waals surface area contributed by atoms with E-state index in [-0.39, 0.29) is 0 Å². The molecule has 0 aliphatic carbocycles. The molecule has 0 N–H and O–H groups in total. The predicted octanol–water partition coefficient (Wildman–Crippen LogP) is 3.24.